The lowest BCUT2D eigenvalue weighted by Gasteiger charge is -2.06. The lowest BCUT2D eigenvalue weighted by atomic mass is 10.0. The fraction of sp³-hybridized carbons (Fsp3) is 0.769. The predicted octanol–water partition coefficient (Wildman–Crippen LogP) is 3.80. The molecule has 0 radical (unpaired) electrons. The molecular formula is C13H24N2. The summed E-state index contributed by atoms with van der Waals surface area (Å²) in [6, 6.07) is 0. The summed E-state index contributed by atoms with van der Waals surface area (Å²) in [7, 11) is 0. The van der Waals surface area contributed by atoms with E-state index in [0.717, 1.165) is 12.5 Å². The zero-order valence-corrected chi connectivity index (χ0v) is 10.4. The smallest absolute Gasteiger partial charge is 0.0948 e. The summed E-state index contributed by atoms with van der Waals surface area (Å²) in [5.74, 6) is 0.862. The molecule has 0 N–H and O–H groups in total. The molecule has 0 unspecified atom stereocenters. The van der Waals surface area contributed by atoms with Crippen LogP contribution in [0.2, 0.25) is 0 Å². The zero-order valence-electron chi connectivity index (χ0n) is 10.4. The van der Waals surface area contributed by atoms with Gasteiger partial charge in [-0.3, -0.25) is 0 Å². The first kappa shape index (κ1) is 12.3. The average Bonchev–Trinajstić information content (AvgIpc) is 2.57. The van der Waals surface area contributed by atoms with Gasteiger partial charge < -0.3 is 4.57 Å². The zero-order chi connectivity index (χ0) is 11.1. The van der Waals surface area contributed by atoms with Crippen molar-refractivity contribution in [3.63, 3.8) is 0 Å². The van der Waals surface area contributed by atoms with E-state index in [2.05, 4.69) is 30.3 Å². The van der Waals surface area contributed by atoms with E-state index >= 15 is 0 Å². The Hall–Kier alpha value is -0.790. The molecule has 2 nitrogen and oxygen atoms in total. The summed E-state index contributed by atoms with van der Waals surface area (Å²) in [6.07, 6.45) is 10.7. The summed E-state index contributed by atoms with van der Waals surface area (Å²) in [6.45, 7) is 7.85. The van der Waals surface area contributed by atoms with Gasteiger partial charge in [0.05, 0.1) is 6.33 Å². The Kier molecular flexibility index (Phi) is 5.44. The summed E-state index contributed by atoms with van der Waals surface area (Å²) in [4.78, 5) is 4.12. The minimum atomic E-state index is 0.862. The monoisotopic (exact) mass is 208 g/mol. The highest BCUT2D eigenvalue weighted by atomic mass is 15.0. The molecule has 1 heterocycles. The van der Waals surface area contributed by atoms with Gasteiger partial charge in [0.1, 0.15) is 0 Å². The Balaban J connectivity index is 2.00. The molecule has 1 aromatic heterocycles. The molecule has 0 aromatic carbocycles. The minimum absolute atomic E-state index is 0.862. The van der Waals surface area contributed by atoms with Crippen LogP contribution in [0, 0.1) is 12.8 Å². The Bertz CT molecular complexity index is 263. The van der Waals surface area contributed by atoms with Crippen LogP contribution in [0.3, 0.4) is 0 Å². The van der Waals surface area contributed by atoms with Crippen LogP contribution in [0.15, 0.2) is 12.5 Å². The molecule has 0 saturated heterocycles. The largest absolute Gasteiger partial charge is 0.335 e. The molecule has 1 aromatic rings. The van der Waals surface area contributed by atoms with Crippen LogP contribution in [-0.4, -0.2) is 9.55 Å². The summed E-state index contributed by atoms with van der Waals surface area (Å²) in [5.41, 5.74) is 1.28. The highest BCUT2D eigenvalue weighted by Crippen LogP contribution is 2.10. The lowest BCUT2D eigenvalue weighted by molar-refractivity contribution is 0.504. The number of hydrogen-bond donors (Lipinski definition) is 0. The third-order valence-electron chi connectivity index (χ3n) is 2.85. The van der Waals surface area contributed by atoms with Crippen molar-refractivity contribution in [1.82, 2.24) is 9.55 Å². The fourth-order valence-electron chi connectivity index (χ4n) is 1.81. The van der Waals surface area contributed by atoms with Crippen molar-refractivity contribution >= 4 is 0 Å². The number of unbranched alkanes of at least 4 members (excludes halogenated alkanes) is 3. The summed E-state index contributed by atoms with van der Waals surface area (Å²) in [5, 5.41) is 0. The first-order chi connectivity index (χ1) is 7.20. The van der Waals surface area contributed by atoms with E-state index < -0.39 is 0 Å². The van der Waals surface area contributed by atoms with Gasteiger partial charge in [0.15, 0.2) is 0 Å². The second-order valence-corrected chi connectivity index (χ2v) is 4.83. The van der Waals surface area contributed by atoms with Crippen molar-refractivity contribution in [3.05, 3.63) is 18.2 Å². The van der Waals surface area contributed by atoms with Crippen molar-refractivity contribution in [2.45, 2.75) is 59.4 Å². The van der Waals surface area contributed by atoms with Crippen LogP contribution in [0.4, 0.5) is 0 Å². The van der Waals surface area contributed by atoms with E-state index in [1.165, 1.54) is 37.8 Å². The molecule has 86 valence electrons. The van der Waals surface area contributed by atoms with Crippen LogP contribution in [-0.2, 0) is 6.54 Å². The third-order valence-corrected chi connectivity index (χ3v) is 2.85. The van der Waals surface area contributed by atoms with Gasteiger partial charge in [-0.05, 0) is 19.3 Å². The van der Waals surface area contributed by atoms with Crippen LogP contribution < -0.4 is 0 Å². The van der Waals surface area contributed by atoms with E-state index in [4.69, 9.17) is 0 Å². The van der Waals surface area contributed by atoms with Gasteiger partial charge in [-0.1, -0.05) is 39.5 Å². The van der Waals surface area contributed by atoms with Crippen molar-refractivity contribution in [3.8, 4) is 0 Å². The molecule has 0 aliphatic heterocycles. The van der Waals surface area contributed by atoms with Gasteiger partial charge in [-0.25, -0.2) is 4.98 Å². The van der Waals surface area contributed by atoms with Crippen LogP contribution in [0.5, 0.6) is 0 Å². The predicted molar refractivity (Wildman–Crippen MR) is 64.9 cm³/mol. The summed E-state index contributed by atoms with van der Waals surface area (Å²) < 4.78 is 2.24. The maximum Gasteiger partial charge on any atom is 0.0948 e. The van der Waals surface area contributed by atoms with Crippen molar-refractivity contribution in [1.29, 1.82) is 0 Å². The Labute approximate surface area is 93.7 Å². The molecule has 15 heavy (non-hydrogen) atoms. The summed E-state index contributed by atoms with van der Waals surface area (Å²) >= 11 is 0. The van der Waals surface area contributed by atoms with Gasteiger partial charge in [0.2, 0.25) is 0 Å². The fourth-order valence-corrected chi connectivity index (χ4v) is 1.81. The van der Waals surface area contributed by atoms with Crippen molar-refractivity contribution < 1.29 is 0 Å². The van der Waals surface area contributed by atoms with Crippen molar-refractivity contribution in [2.75, 3.05) is 0 Å². The van der Waals surface area contributed by atoms with Gasteiger partial charge >= 0.3 is 0 Å². The van der Waals surface area contributed by atoms with Gasteiger partial charge in [-0.15, -0.1) is 0 Å². The van der Waals surface area contributed by atoms with Crippen LogP contribution in [0.1, 0.15) is 51.6 Å². The second-order valence-electron chi connectivity index (χ2n) is 4.83. The average molecular weight is 208 g/mol. The molecule has 0 aliphatic rings. The molecule has 0 atom stereocenters. The maximum absolute atomic E-state index is 4.12. The first-order valence-electron chi connectivity index (χ1n) is 6.17. The molecule has 2 heteroatoms. The topological polar surface area (TPSA) is 17.8 Å². The maximum atomic E-state index is 4.12. The van der Waals surface area contributed by atoms with Gasteiger partial charge in [0, 0.05) is 18.4 Å². The van der Waals surface area contributed by atoms with E-state index in [-0.39, 0.29) is 0 Å². The number of aryl methyl sites for hydroxylation is 2. The van der Waals surface area contributed by atoms with Crippen molar-refractivity contribution in [2.24, 2.45) is 5.92 Å². The third kappa shape index (κ3) is 5.01. The highest BCUT2D eigenvalue weighted by molar-refractivity contribution is 4.93. The quantitative estimate of drug-likeness (QED) is 0.623. The minimum Gasteiger partial charge on any atom is -0.335 e. The normalized spacial score (nSPS) is 11.2. The van der Waals surface area contributed by atoms with Crippen LogP contribution >= 0.6 is 0 Å². The standard InChI is InChI=1S/C13H24N2/c1-12(2)8-6-4-5-7-9-15-11-14-10-13(15)3/h10-12H,4-9H2,1-3H3. The number of nitrogens with zero attached hydrogens (tertiary/aromatic N) is 2. The molecule has 0 spiro atoms. The number of imidazole rings is 1. The SMILES string of the molecule is Cc1cncn1CCCCCCC(C)C. The molecule has 0 saturated carbocycles. The molecule has 0 amide bonds. The molecule has 1 rings (SSSR count). The van der Waals surface area contributed by atoms with E-state index in [1.807, 2.05) is 12.5 Å². The van der Waals surface area contributed by atoms with E-state index in [1.54, 1.807) is 0 Å². The first-order valence-corrected chi connectivity index (χ1v) is 6.17. The van der Waals surface area contributed by atoms with Crippen LogP contribution in [0.25, 0.3) is 0 Å². The Morgan fingerprint density at radius 3 is 2.53 bits per heavy atom. The van der Waals surface area contributed by atoms with Gasteiger partial charge in [-0.2, -0.15) is 0 Å². The Morgan fingerprint density at radius 1 is 1.20 bits per heavy atom. The Morgan fingerprint density at radius 2 is 1.93 bits per heavy atom. The molecule has 0 fully saturated rings. The second kappa shape index (κ2) is 6.65. The lowest BCUT2D eigenvalue weighted by Crippen LogP contribution is -1.98. The highest BCUT2D eigenvalue weighted by Gasteiger charge is 1.97. The number of aromatic nitrogens is 2. The van der Waals surface area contributed by atoms with E-state index in [9.17, 15) is 0 Å². The molecule has 0 bridgehead atoms. The number of hydrogen-bond acceptors (Lipinski definition) is 1. The van der Waals surface area contributed by atoms with E-state index in [0.29, 0.717) is 0 Å². The number of rotatable bonds is 7. The molecule has 0 aliphatic carbocycles. The molecular weight excluding hydrogens is 184 g/mol. The van der Waals surface area contributed by atoms with Gasteiger partial charge in [0.25, 0.3) is 0 Å².